The van der Waals surface area contributed by atoms with Gasteiger partial charge in [0.05, 0.1) is 23.8 Å². The van der Waals surface area contributed by atoms with Crippen LogP contribution in [0.1, 0.15) is 18.2 Å². The molecule has 0 saturated heterocycles. The Balaban J connectivity index is 1.65. The Morgan fingerprint density at radius 2 is 2.04 bits per heavy atom. The highest BCUT2D eigenvalue weighted by atomic mass is 16.2. The molecule has 0 spiro atoms. The number of carbonyl (C=O) groups is 1. The molecule has 0 aliphatic carbocycles. The van der Waals surface area contributed by atoms with Crippen LogP contribution in [0.3, 0.4) is 0 Å². The molecule has 1 aromatic carbocycles. The first kappa shape index (κ1) is 16.7. The van der Waals surface area contributed by atoms with Crippen molar-refractivity contribution in [1.29, 1.82) is 0 Å². The summed E-state index contributed by atoms with van der Waals surface area (Å²) in [6.45, 7) is 2.93. The second-order valence-corrected chi connectivity index (χ2v) is 7.28. The number of carbonyl (C=O) groups excluding carboxylic acids is 1. The van der Waals surface area contributed by atoms with Gasteiger partial charge in [0.2, 0.25) is 5.91 Å². The standard InChI is InChI=1S/C20H21N7O/c1-13(28)26-7-6-18-16(11-26)20(23-25(18)3)27-12-21-17-5-4-14(8-19(17)27)15-9-22-24(2)10-15/h4-5,8-10,12H,6-7,11H2,1-3H3. The lowest BCUT2D eigenvalue weighted by Gasteiger charge is -2.26. The van der Waals surface area contributed by atoms with Crippen molar-refractivity contribution >= 4 is 16.9 Å². The van der Waals surface area contributed by atoms with Crippen LogP contribution in [0.25, 0.3) is 28.0 Å². The molecular formula is C20H21N7O. The number of amides is 1. The summed E-state index contributed by atoms with van der Waals surface area (Å²) in [4.78, 5) is 18.3. The van der Waals surface area contributed by atoms with Crippen LogP contribution in [0, 0.1) is 0 Å². The van der Waals surface area contributed by atoms with E-state index in [9.17, 15) is 4.79 Å². The van der Waals surface area contributed by atoms with E-state index in [-0.39, 0.29) is 5.91 Å². The number of hydrogen-bond acceptors (Lipinski definition) is 4. The zero-order valence-electron chi connectivity index (χ0n) is 16.1. The van der Waals surface area contributed by atoms with Crippen LogP contribution in [0.15, 0.2) is 36.9 Å². The summed E-state index contributed by atoms with van der Waals surface area (Å²) in [6.07, 6.45) is 6.48. The highest BCUT2D eigenvalue weighted by Gasteiger charge is 2.26. The summed E-state index contributed by atoms with van der Waals surface area (Å²) in [5.41, 5.74) is 6.31. The maximum Gasteiger partial charge on any atom is 0.219 e. The van der Waals surface area contributed by atoms with Crippen LogP contribution in [0.2, 0.25) is 0 Å². The Hall–Kier alpha value is -3.42. The van der Waals surface area contributed by atoms with Crippen LogP contribution in [-0.2, 0) is 31.9 Å². The van der Waals surface area contributed by atoms with Crippen molar-refractivity contribution in [2.24, 2.45) is 14.1 Å². The molecule has 1 amide bonds. The predicted octanol–water partition coefficient (Wildman–Crippen LogP) is 2.06. The van der Waals surface area contributed by atoms with Crippen molar-refractivity contribution in [3.05, 3.63) is 48.2 Å². The summed E-state index contributed by atoms with van der Waals surface area (Å²) in [6, 6.07) is 6.19. The maximum atomic E-state index is 11.9. The molecule has 1 aliphatic rings. The minimum Gasteiger partial charge on any atom is -0.338 e. The van der Waals surface area contributed by atoms with E-state index in [2.05, 4.69) is 22.2 Å². The first-order chi connectivity index (χ1) is 13.5. The van der Waals surface area contributed by atoms with E-state index in [1.54, 1.807) is 11.6 Å². The van der Waals surface area contributed by atoms with Gasteiger partial charge in [0.15, 0.2) is 5.82 Å². The molecule has 8 nitrogen and oxygen atoms in total. The lowest BCUT2D eigenvalue weighted by atomic mass is 10.1. The average molecular weight is 375 g/mol. The largest absolute Gasteiger partial charge is 0.338 e. The van der Waals surface area contributed by atoms with E-state index < -0.39 is 0 Å². The zero-order chi connectivity index (χ0) is 19.4. The lowest BCUT2D eigenvalue weighted by Crippen LogP contribution is -2.34. The third kappa shape index (κ3) is 2.52. The molecule has 4 aromatic rings. The molecule has 5 rings (SSSR count). The summed E-state index contributed by atoms with van der Waals surface area (Å²) >= 11 is 0. The van der Waals surface area contributed by atoms with Gasteiger partial charge in [-0.15, -0.1) is 0 Å². The van der Waals surface area contributed by atoms with Gasteiger partial charge in [0.1, 0.15) is 6.33 Å². The van der Waals surface area contributed by atoms with Gasteiger partial charge in [-0.25, -0.2) is 4.98 Å². The van der Waals surface area contributed by atoms with Gasteiger partial charge >= 0.3 is 0 Å². The van der Waals surface area contributed by atoms with Crippen molar-refractivity contribution in [1.82, 2.24) is 34.0 Å². The normalized spacial score (nSPS) is 13.9. The Bertz CT molecular complexity index is 1210. The zero-order valence-corrected chi connectivity index (χ0v) is 16.1. The minimum absolute atomic E-state index is 0.0924. The molecule has 3 aromatic heterocycles. The first-order valence-electron chi connectivity index (χ1n) is 9.28. The minimum atomic E-state index is 0.0924. The molecule has 142 valence electrons. The SMILES string of the molecule is CC(=O)N1CCc2c(c(-n3cnc4ccc(-c5cnn(C)c5)cc43)nn2C)C1. The number of imidazole rings is 1. The number of fused-ring (bicyclic) bond motifs is 2. The van der Waals surface area contributed by atoms with E-state index in [4.69, 9.17) is 5.10 Å². The summed E-state index contributed by atoms with van der Waals surface area (Å²) in [7, 11) is 3.87. The van der Waals surface area contributed by atoms with E-state index >= 15 is 0 Å². The maximum absolute atomic E-state index is 11.9. The van der Waals surface area contributed by atoms with Crippen LogP contribution in [0.4, 0.5) is 0 Å². The second kappa shape index (κ2) is 6.05. The number of aromatic nitrogens is 6. The van der Waals surface area contributed by atoms with Gasteiger partial charge < -0.3 is 4.90 Å². The molecule has 0 atom stereocenters. The number of rotatable bonds is 2. The van der Waals surface area contributed by atoms with E-state index in [0.29, 0.717) is 6.54 Å². The molecule has 0 unspecified atom stereocenters. The van der Waals surface area contributed by atoms with Gasteiger partial charge in [-0.2, -0.15) is 10.2 Å². The third-order valence-corrected chi connectivity index (χ3v) is 5.48. The molecule has 0 radical (unpaired) electrons. The number of aryl methyl sites for hydroxylation is 2. The molecule has 8 heteroatoms. The van der Waals surface area contributed by atoms with Crippen LogP contribution >= 0.6 is 0 Å². The van der Waals surface area contributed by atoms with Crippen LogP contribution < -0.4 is 0 Å². The second-order valence-electron chi connectivity index (χ2n) is 7.28. The average Bonchev–Trinajstić information content (AvgIpc) is 3.38. The molecule has 0 fully saturated rings. The first-order valence-corrected chi connectivity index (χ1v) is 9.28. The molecule has 1 aliphatic heterocycles. The quantitative estimate of drug-likeness (QED) is 0.538. The van der Waals surface area contributed by atoms with Gasteiger partial charge in [0, 0.05) is 57.0 Å². The summed E-state index contributed by atoms with van der Waals surface area (Å²) in [5, 5.41) is 9.04. The Morgan fingerprint density at radius 3 is 2.79 bits per heavy atom. The Kier molecular flexibility index (Phi) is 3.61. The van der Waals surface area contributed by atoms with Crippen molar-refractivity contribution in [3.8, 4) is 16.9 Å². The van der Waals surface area contributed by atoms with Crippen molar-refractivity contribution in [2.75, 3.05) is 6.54 Å². The molecule has 0 bridgehead atoms. The molecule has 4 heterocycles. The Labute approximate surface area is 162 Å². The highest BCUT2D eigenvalue weighted by molar-refractivity contribution is 5.83. The molecule has 28 heavy (non-hydrogen) atoms. The molecule has 0 N–H and O–H groups in total. The van der Waals surface area contributed by atoms with Gasteiger partial charge in [-0.05, 0) is 17.7 Å². The van der Waals surface area contributed by atoms with Crippen LogP contribution in [0.5, 0.6) is 0 Å². The highest BCUT2D eigenvalue weighted by Crippen LogP contribution is 2.29. The predicted molar refractivity (Wildman–Crippen MR) is 105 cm³/mol. The van der Waals surface area contributed by atoms with Crippen LogP contribution in [-0.4, -0.2) is 46.5 Å². The van der Waals surface area contributed by atoms with Gasteiger partial charge in [0.25, 0.3) is 0 Å². The Morgan fingerprint density at radius 1 is 1.18 bits per heavy atom. The summed E-state index contributed by atoms with van der Waals surface area (Å²) < 4.78 is 5.75. The number of hydrogen-bond donors (Lipinski definition) is 0. The molecule has 0 saturated carbocycles. The topological polar surface area (TPSA) is 73.8 Å². The van der Waals surface area contributed by atoms with Gasteiger partial charge in [-0.1, -0.05) is 6.07 Å². The monoisotopic (exact) mass is 375 g/mol. The van der Waals surface area contributed by atoms with E-state index in [1.807, 2.05) is 53.0 Å². The molecular weight excluding hydrogens is 354 g/mol. The fourth-order valence-corrected chi connectivity index (χ4v) is 3.96. The van der Waals surface area contributed by atoms with Crippen molar-refractivity contribution < 1.29 is 4.79 Å². The number of benzene rings is 1. The summed E-state index contributed by atoms with van der Waals surface area (Å²) in [5.74, 6) is 0.934. The third-order valence-electron chi connectivity index (χ3n) is 5.48. The number of nitrogens with zero attached hydrogens (tertiary/aromatic N) is 7. The van der Waals surface area contributed by atoms with E-state index in [0.717, 1.165) is 46.5 Å². The fraction of sp³-hybridized carbons (Fsp3) is 0.300. The van der Waals surface area contributed by atoms with Crippen molar-refractivity contribution in [3.63, 3.8) is 0 Å². The van der Waals surface area contributed by atoms with E-state index in [1.165, 1.54) is 5.69 Å². The lowest BCUT2D eigenvalue weighted by molar-refractivity contribution is -0.129. The smallest absolute Gasteiger partial charge is 0.219 e. The van der Waals surface area contributed by atoms with Crippen molar-refractivity contribution in [2.45, 2.75) is 19.9 Å². The van der Waals surface area contributed by atoms with Gasteiger partial charge in [-0.3, -0.25) is 18.7 Å². The fourth-order valence-electron chi connectivity index (χ4n) is 3.96.